The van der Waals surface area contributed by atoms with Crippen molar-refractivity contribution in [2.24, 2.45) is 5.92 Å². The third-order valence-corrected chi connectivity index (χ3v) is 7.11. The van der Waals surface area contributed by atoms with Crippen molar-refractivity contribution in [1.29, 1.82) is 0 Å². The van der Waals surface area contributed by atoms with Crippen molar-refractivity contribution in [1.82, 2.24) is 15.0 Å². The zero-order valence-electron chi connectivity index (χ0n) is 19.8. The SMILES string of the molecule is OC(O)Oc1nc(N2CCCCC3C(F)C32)c2cnc(-c3cccc4ccc(F)c(OCF)c34)c(F)c2n1. The molecule has 38 heavy (non-hydrogen) atoms. The quantitative estimate of drug-likeness (QED) is 0.280. The molecule has 8 nitrogen and oxygen atoms in total. The molecule has 1 saturated heterocycles. The number of aliphatic hydroxyl groups excluding tert-OH is 1. The van der Waals surface area contributed by atoms with Gasteiger partial charge in [0.05, 0.1) is 11.4 Å². The van der Waals surface area contributed by atoms with E-state index >= 15 is 4.39 Å². The van der Waals surface area contributed by atoms with Crippen molar-refractivity contribution < 1.29 is 37.2 Å². The molecule has 1 aliphatic carbocycles. The molecule has 2 N–H and O–H groups in total. The standard InChI is InChI=1S/C26H22F4N4O4/c27-11-37-23-16(28)8-7-12-4-3-6-13(17(12)23)20-19(30)21-15(10-31-20)24(33-25(32-21)38-26(35)36)34-9-2-1-5-14-18(29)22(14)34/h3-4,6-8,10,14,18,22,26,35-36H,1-2,5,9,11H2. The lowest BCUT2D eigenvalue weighted by Crippen LogP contribution is -2.30. The maximum Gasteiger partial charge on any atom is 0.323 e. The molecule has 6 rings (SSSR count). The maximum atomic E-state index is 16.2. The zero-order chi connectivity index (χ0) is 26.6. The molecule has 4 aromatic rings. The summed E-state index contributed by atoms with van der Waals surface area (Å²) in [4.78, 5) is 14.3. The van der Waals surface area contributed by atoms with Crippen molar-refractivity contribution in [3.63, 3.8) is 0 Å². The van der Waals surface area contributed by atoms with Gasteiger partial charge in [-0.3, -0.25) is 4.98 Å². The normalized spacial score (nSPS) is 21.0. The Bertz CT molecular complexity index is 1540. The molecule has 198 valence electrons. The molecule has 3 atom stereocenters. The minimum absolute atomic E-state index is 0.112. The molecular formula is C26H22F4N4O4. The Labute approximate surface area is 213 Å². The van der Waals surface area contributed by atoms with Gasteiger partial charge in [-0.15, -0.1) is 0 Å². The van der Waals surface area contributed by atoms with E-state index < -0.39 is 48.9 Å². The van der Waals surface area contributed by atoms with Crippen LogP contribution in [0.4, 0.5) is 23.4 Å². The first-order valence-corrected chi connectivity index (χ1v) is 12.1. The number of ether oxygens (including phenoxy) is 2. The van der Waals surface area contributed by atoms with E-state index in [1.54, 1.807) is 17.0 Å². The van der Waals surface area contributed by atoms with Gasteiger partial charge < -0.3 is 24.6 Å². The van der Waals surface area contributed by atoms with Gasteiger partial charge in [0.25, 0.3) is 0 Å². The summed E-state index contributed by atoms with van der Waals surface area (Å²) >= 11 is 0. The number of anilines is 1. The number of rotatable bonds is 6. The molecule has 1 aliphatic heterocycles. The van der Waals surface area contributed by atoms with Gasteiger partial charge in [-0.1, -0.05) is 30.7 Å². The number of nitrogens with zero attached hydrogens (tertiary/aromatic N) is 4. The van der Waals surface area contributed by atoms with Crippen LogP contribution in [0.1, 0.15) is 19.3 Å². The Hall–Kier alpha value is -3.77. The zero-order valence-corrected chi connectivity index (χ0v) is 19.8. The van der Waals surface area contributed by atoms with Crippen molar-refractivity contribution in [3.05, 3.63) is 48.2 Å². The predicted octanol–water partition coefficient (Wildman–Crippen LogP) is 4.40. The van der Waals surface area contributed by atoms with Gasteiger partial charge in [0.1, 0.15) is 23.2 Å². The molecule has 1 saturated carbocycles. The molecular weight excluding hydrogens is 508 g/mol. The Balaban J connectivity index is 1.57. The molecule has 2 aromatic carbocycles. The first-order chi connectivity index (χ1) is 18.4. The van der Waals surface area contributed by atoms with Crippen molar-refractivity contribution in [2.75, 3.05) is 18.3 Å². The van der Waals surface area contributed by atoms with Crippen LogP contribution in [0.15, 0.2) is 36.5 Å². The van der Waals surface area contributed by atoms with E-state index in [1.807, 2.05) is 0 Å². The number of aromatic nitrogens is 3. The third kappa shape index (κ3) is 4.04. The molecule has 0 spiro atoms. The van der Waals surface area contributed by atoms with Crippen LogP contribution in [0.5, 0.6) is 11.8 Å². The van der Waals surface area contributed by atoms with Gasteiger partial charge >= 0.3 is 12.5 Å². The first kappa shape index (κ1) is 24.6. The highest BCUT2D eigenvalue weighted by Gasteiger charge is 2.55. The number of pyridine rings is 1. The van der Waals surface area contributed by atoms with E-state index in [0.717, 1.165) is 25.3 Å². The summed E-state index contributed by atoms with van der Waals surface area (Å²) in [6.07, 6.45) is 2.58. The number of hydrogen-bond acceptors (Lipinski definition) is 8. The van der Waals surface area contributed by atoms with Gasteiger partial charge in [-0.25, -0.2) is 17.6 Å². The van der Waals surface area contributed by atoms with Crippen molar-refractivity contribution >= 4 is 27.5 Å². The second-order valence-electron chi connectivity index (χ2n) is 9.28. The number of alkyl halides is 2. The van der Waals surface area contributed by atoms with Gasteiger partial charge in [0.2, 0.25) is 6.86 Å². The van der Waals surface area contributed by atoms with E-state index in [2.05, 4.69) is 15.0 Å². The molecule has 0 amide bonds. The van der Waals surface area contributed by atoms with Gasteiger partial charge in [0.15, 0.2) is 17.4 Å². The number of hydrogen-bond donors (Lipinski definition) is 2. The minimum atomic E-state index is -2.28. The highest BCUT2D eigenvalue weighted by Crippen LogP contribution is 2.48. The van der Waals surface area contributed by atoms with Crippen LogP contribution < -0.4 is 14.4 Å². The fourth-order valence-electron chi connectivity index (χ4n) is 5.40. The fourth-order valence-corrected chi connectivity index (χ4v) is 5.40. The first-order valence-electron chi connectivity index (χ1n) is 12.1. The van der Waals surface area contributed by atoms with Crippen LogP contribution >= 0.6 is 0 Å². The van der Waals surface area contributed by atoms with Gasteiger partial charge in [-0.05, 0) is 24.3 Å². The van der Waals surface area contributed by atoms with E-state index in [-0.39, 0.29) is 39.3 Å². The summed E-state index contributed by atoms with van der Waals surface area (Å²) in [5.41, 5.74) is -0.384. The highest BCUT2D eigenvalue weighted by atomic mass is 19.1. The molecule has 2 aliphatic rings. The van der Waals surface area contributed by atoms with Crippen LogP contribution in [0.3, 0.4) is 0 Å². The lowest BCUT2D eigenvalue weighted by molar-refractivity contribution is -0.183. The average Bonchev–Trinajstić information content (AvgIpc) is 3.59. The molecule has 3 heterocycles. The van der Waals surface area contributed by atoms with Crippen LogP contribution in [-0.4, -0.2) is 57.3 Å². The van der Waals surface area contributed by atoms with E-state index in [9.17, 15) is 23.4 Å². The summed E-state index contributed by atoms with van der Waals surface area (Å²) in [7, 11) is 0. The Morgan fingerprint density at radius 1 is 1.11 bits per heavy atom. The molecule has 2 aromatic heterocycles. The lowest BCUT2D eigenvalue weighted by Gasteiger charge is -2.24. The summed E-state index contributed by atoms with van der Waals surface area (Å²) in [5.74, 6) is -2.18. The lowest BCUT2D eigenvalue weighted by atomic mass is 9.99. The average molecular weight is 530 g/mol. The van der Waals surface area contributed by atoms with Crippen molar-refractivity contribution in [2.45, 2.75) is 38.0 Å². The van der Waals surface area contributed by atoms with Crippen LogP contribution in [0.25, 0.3) is 32.9 Å². The van der Waals surface area contributed by atoms with Crippen LogP contribution in [-0.2, 0) is 0 Å². The Morgan fingerprint density at radius 3 is 2.74 bits per heavy atom. The van der Waals surface area contributed by atoms with Gasteiger partial charge in [0, 0.05) is 29.6 Å². The predicted molar refractivity (Wildman–Crippen MR) is 129 cm³/mol. The number of aliphatic hydroxyl groups is 2. The Morgan fingerprint density at radius 2 is 1.95 bits per heavy atom. The Kier molecular flexibility index (Phi) is 6.15. The highest BCUT2D eigenvalue weighted by molar-refractivity contribution is 6.02. The molecule has 0 bridgehead atoms. The van der Waals surface area contributed by atoms with Gasteiger partial charge in [-0.2, -0.15) is 9.97 Å². The minimum Gasteiger partial charge on any atom is -0.459 e. The number of fused-ring (bicyclic) bond motifs is 3. The number of benzene rings is 2. The second kappa shape index (κ2) is 9.52. The monoisotopic (exact) mass is 530 g/mol. The third-order valence-electron chi connectivity index (χ3n) is 7.11. The maximum absolute atomic E-state index is 16.2. The molecule has 0 radical (unpaired) electrons. The number of halogens is 4. The van der Waals surface area contributed by atoms with E-state index in [1.165, 1.54) is 18.3 Å². The fraction of sp³-hybridized carbons (Fsp3) is 0.346. The van der Waals surface area contributed by atoms with Crippen LogP contribution in [0.2, 0.25) is 0 Å². The largest absolute Gasteiger partial charge is 0.459 e. The van der Waals surface area contributed by atoms with Crippen LogP contribution in [0, 0.1) is 17.6 Å². The molecule has 12 heteroatoms. The van der Waals surface area contributed by atoms with Crippen molar-refractivity contribution in [3.8, 4) is 23.0 Å². The smallest absolute Gasteiger partial charge is 0.323 e. The summed E-state index contributed by atoms with van der Waals surface area (Å²) in [5, 5.41) is 19.4. The van der Waals surface area contributed by atoms with E-state index in [4.69, 9.17) is 9.47 Å². The second-order valence-corrected chi connectivity index (χ2v) is 9.28. The topological polar surface area (TPSA) is 101 Å². The summed E-state index contributed by atoms with van der Waals surface area (Å²) in [6, 6.07) is 6.32. The summed E-state index contributed by atoms with van der Waals surface area (Å²) in [6.45, 7) is -3.13. The molecule has 3 unspecified atom stereocenters. The van der Waals surface area contributed by atoms with E-state index in [0.29, 0.717) is 11.9 Å². The summed E-state index contributed by atoms with van der Waals surface area (Å²) < 4.78 is 68.2. The molecule has 2 fully saturated rings.